The van der Waals surface area contributed by atoms with Crippen molar-refractivity contribution < 1.29 is 13.2 Å². The summed E-state index contributed by atoms with van der Waals surface area (Å²) < 4.78 is 33.0. The van der Waals surface area contributed by atoms with E-state index in [0.717, 1.165) is 40.8 Å². The van der Waals surface area contributed by atoms with E-state index in [0.29, 0.717) is 12.2 Å². The molecule has 0 aliphatic heterocycles. The van der Waals surface area contributed by atoms with Crippen LogP contribution in [0.2, 0.25) is 0 Å². The average Bonchev–Trinajstić information content (AvgIpc) is 3.18. The van der Waals surface area contributed by atoms with Crippen molar-refractivity contribution in [2.75, 3.05) is 19.9 Å². The molecule has 0 spiro atoms. The first-order valence-electron chi connectivity index (χ1n) is 11.5. The number of hydrogen-bond donors (Lipinski definition) is 2. The van der Waals surface area contributed by atoms with Crippen LogP contribution >= 0.6 is 0 Å². The van der Waals surface area contributed by atoms with Crippen LogP contribution in [0.15, 0.2) is 52.2 Å². The van der Waals surface area contributed by atoms with Crippen molar-refractivity contribution in [2.24, 2.45) is 0 Å². The van der Waals surface area contributed by atoms with Gasteiger partial charge in [0.05, 0.1) is 19.1 Å². The van der Waals surface area contributed by atoms with Gasteiger partial charge in [0.1, 0.15) is 5.75 Å². The molecule has 2 aromatic carbocycles. The highest BCUT2D eigenvalue weighted by molar-refractivity contribution is 7.88. The largest absolute Gasteiger partial charge is 0.496 e. The molecule has 0 unspecified atom stereocenters. The number of nitrogens with one attached hydrogen (secondary N) is 2. The molecule has 35 heavy (non-hydrogen) atoms. The Labute approximate surface area is 205 Å². The summed E-state index contributed by atoms with van der Waals surface area (Å²) in [6.07, 6.45) is 4.37. The van der Waals surface area contributed by atoms with Crippen LogP contribution in [-0.4, -0.2) is 37.9 Å². The fourth-order valence-electron chi connectivity index (χ4n) is 4.70. The second kappa shape index (κ2) is 9.13. The van der Waals surface area contributed by atoms with E-state index in [4.69, 9.17) is 4.74 Å². The predicted octanol–water partition coefficient (Wildman–Crippen LogP) is 3.08. The quantitative estimate of drug-likeness (QED) is 0.544. The van der Waals surface area contributed by atoms with Gasteiger partial charge in [0.25, 0.3) is 5.56 Å². The monoisotopic (exact) mass is 497 g/mol. The highest BCUT2D eigenvalue weighted by atomic mass is 32.2. The van der Waals surface area contributed by atoms with E-state index in [1.165, 1.54) is 28.6 Å². The summed E-state index contributed by atoms with van der Waals surface area (Å²) in [5, 5.41) is 0. The Morgan fingerprint density at radius 2 is 1.89 bits per heavy atom. The number of H-pyrrole nitrogens is 1. The van der Waals surface area contributed by atoms with Gasteiger partial charge in [0, 0.05) is 29.9 Å². The van der Waals surface area contributed by atoms with Gasteiger partial charge in [-0.25, -0.2) is 17.9 Å². The van der Waals surface area contributed by atoms with Gasteiger partial charge in [0.2, 0.25) is 10.0 Å². The maximum absolute atomic E-state index is 12.6. The molecule has 3 aromatic rings. The van der Waals surface area contributed by atoms with Crippen LogP contribution in [0.5, 0.6) is 5.75 Å². The van der Waals surface area contributed by atoms with E-state index in [2.05, 4.69) is 42.6 Å². The van der Waals surface area contributed by atoms with Crippen LogP contribution in [0.4, 0.5) is 0 Å². The van der Waals surface area contributed by atoms with Crippen molar-refractivity contribution in [3.63, 3.8) is 0 Å². The van der Waals surface area contributed by atoms with Crippen LogP contribution in [0, 0.1) is 0 Å². The molecular weight excluding hydrogens is 466 g/mol. The first-order valence-corrected chi connectivity index (χ1v) is 13.4. The van der Waals surface area contributed by atoms with Gasteiger partial charge < -0.3 is 4.74 Å². The third-order valence-electron chi connectivity index (χ3n) is 6.44. The maximum Gasteiger partial charge on any atom is 0.332 e. The van der Waals surface area contributed by atoms with Crippen molar-refractivity contribution in [3.05, 3.63) is 80.1 Å². The lowest BCUT2D eigenvalue weighted by molar-refractivity contribution is 0.399. The molecule has 1 aliphatic carbocycles. The molecule has 0 amide bonds. The molecule has 1 heterocycles. The van der Waals surface area contributed by atoms with Crippen molar-refractivity contribution in [1.29, 1.82) is 0 Å². The molecule has 0 radical (unpaired) electrons. The Morgan fingerprint density at radius 1 is 1.14 bits per heavy atom. The number of sulfonamides is 1. The highest BCUT2D eigenvalue weighted by Crippen LogP contribution is 2.43. The van der Waals surface area contributed by atoms with Crippen LogP contribution < -0.4 is 20.7 Å². The van der Waals surface area contributed by atoms with Crippen molar-refractivity contribution in [1.82, 2.24) is 14.3 Å². The van der Waals surface area contributed by atoms with Gasteiger partial charge in [-0.05, 0) is 53.0 Å². The summed E-state index contributed by atoms with van der Waals surface area (Å²) in [5.41, 5.74) is 4.43. The number of hydrogen-bond acceptors (Lipinski definition) is 5. The summed E-state index contributed by atoms with van der Waals surface area (Å²) in [7, 11) is -1.61. The Hall–Kier alpha value is -3.17. The van der Waals surface area contributed by atoms with Crippen LogP contribution in [-0.2, 0) is 21.9 Å². The summed E-state index contributed by atoms with van der Waals surface area (Å²) in [4.78, 5) is 26.5. The minimum atomic E-state index is -3.25. The topological polar surface area (TPSA) is 110 Å². The summed E-state index contributed by atoms with van der Waals surface area (Å²) in [6, 6.07) is 11.3. The Morgan fingerprint density at radius 3 is 2.51 bits per heavy atom. The van der Waals surface area contributed by atoms with Gasteiger partial charge in [0.15, 0.2) is 0 Å². The molecule has 1 aliphatic rings. The van der Waals surface area contributed by atoms with Gasteiger partial charge in [-0.2, -0.15) is 0 Å². The smallest absolute Gasteiger partial charge is 0.332 e. The molecule has 186 valence electrons. The predicted molar refractivity (Wildman–Crippen MR) is 137 cm³/mol. The van der Waals surface area contributed by atoms with E-state index in [1.807, 2.05) is 18.2 Å². The highest BCUT2D eigenvalue weighted by Gasteiger charge is 2.27. The molecule has 0 fully saturated rings. The molecule has 0 bridgehead atoms. The molecule has 4 rings (SSSR count). The summed E-state index contributed by atoms with van der Waals surface area (Å²) in [6.45, 7) is 6.62. The normalized spacial score (nSPS) is 15.7. The van der Waals surface area contributed by atoms with Crippen LogP contribution in [0.25, 0.3) is 16.8 Å². The third kappa shape index (κ3) is 5.26. The lowest BCUT2D eigenvalue weighted by atomic mass is 9.83. The molecule has 8 nitrogen and oxygen atoms in total. The summed E-state index contributed by atoms with van der Waals surface area (Å²) in [5.74, 6) is 0.860. The maximum atomic E-state index is 12.6. The molecule has 0 saturated carbocycles. The van der Waals surface area contributed by atoms with E-state index in [9.17, 15) is 18.0 Å². The standard InChI is InChI=1S/C26H31N3O5S/c1-26(2,3)22-14-19(29-11-10-23(30)28-25(29)31)13-21(24(22)34-4)17-8-9-20-16(12-17)6-7-18(20)15-27-35(5,32)33/h8-14,18,27H,6-7,15H2,1-5H3,(H,28,30,31)/t18-/m1/s1. The van der Waals surface area contributed by atoms with Gasteiger partial charge in [-0.3, -0.25) is 14.3 Å². The average molecular weight is 498 g/mol. The zero-order chi connectivity index (χ0) is 25.5. The van der Waals surface area contributed by atoms with Gasteiger partial charge in [-0.1, -0.05) is 39.0 Å². The number of rotatable bonds is 6. The fraction of sp³-hybridized carbons (Fsp3) is 0.385. The number of benzene rings is 2. The molecule has 0 saturated heterocycles. The minimum absolute atomic E-state index is 0.131. The fourth-order valence-corrected chi connectivity index (χ4v) is 5.21. The van der Waals surface area contributed by atoms with Crippen LogP contribution in [0.3, 0.4) is 0 Å². The molecule has 9 heteroatoms. The third-order valence-corrected chi connectivity index (χ3v) is 7.13. The number of aromatic nitrogens is 2. The SMILES string of the molecule is COc1c(-c2ccc3c(c2)CC[C@@H]3CNS(C)(=O)=O)cc(-n2ccc(=O)[nH]c2=O)cc1C(C)(C)C. The minimum Gasteiger partial charge on any atom is -0.496 e. The first-order chi connectivity index (χ1) is 16.4. The number of aryl methyl sites for hydroxylation is 1. The Kier molecular flexibility index (Phi) is 6.50. The van der Waals surface area contributed by atoms with E-state index < -0.39 is 21.3 Å². The second-order valence-corrected chi connectivity index (χ2v) is 11.9. The molecule has 1 atom stereocenters. The van der Waals surface area contributed by atoms with E-state index in [-0.39, 0.29) is 11.3 Å². The van der Waals surface area contributed by atoms with Crippen molar-refractivity contribution >= 4 is 10.0 Å². The van der Waals surface area contributed by atoms with E-state index in [1.54, 1.807) is 7.11 Å². The first kappa shape index (κ1) is 24.9. The number of fused-ring (bicyclic) bond motifs is 1. The van der Waals surface area contributed by atoms with E-state index >= 15 is 0 Å². The number of aromatic amines is 1. The Bertz CT molecular complexity index is 1500. The summed E-state index contributed by atoms with van der Waals surface area (Å²) >= 11 is 0. The van der Waals surface area contributed by atoms with Crippen molar-refractivity contribution in [3.8, 4) is 22.6 Å². The lowest BCUT2D eigenvalue weighted by Crippen LogP contribution is -2.27. The number of methoxy groups -OCH3 is 1. The Balaban J connectivity index is 1.85. The zero-order valence-electron chi connectivity index (χ0n) is 20.6. The molecule has 1 aromatic heterocycles. The van der Waals surface area contributed by atoms with Crippen molar-refractivity contribution in [2.45, 2.75) is 44.9 Å². The number of ether oxygens (including phenoxy) is 1. The molecular formula is C26H31N3O5S. The second-order valence-electron chi connectivity index (χ2n) is 10.1. The van der Waals surface area contributed by atoms with Gasteiger partial charge >= 0.3 is 5.69 Å². The van der Waals surface area contributed by atoms with Crippen LogP contribution in [0.1, 0.15) is 49.8 Å². The lowest BCUT2D eigenvalue weighted by Gasteiger charge is -2.26. The van der Waals surface area contributed by atoms with Gasteiger partial charge in [-0.15, -0.1) is 0 Å². The molecule has 2 N–H and O–H groups in total. The number of nitrogens with zero attached hydrogens (tertiary/aromatic N) is 1. The zero-order valence-corrected chi connectivity index (χ0v) is 21.5.